The molecule has 50 heavy (non-hydrogen) atoms. The van der Waals surface area contributed by atoms with Crippen LogP contribution in [0.5, 0.6) is 0 Å². The summed E-state index contributed by atoms with van der Waals surface area (Å²) in [5.74, 6) is 0.385. The van der Waals surface area contributed by atoms with E-state index in [1.807, 2.05) is 0 Å². The molecule has 1 aromatic heterocycles. The number of rotatable bonds is 4. The molecule has 2 unspecified atom stereocenters. The number of para-hydroxylation sites is 3. The molecule has 244 valence electrons. The molecule has 2 aliphatic rings. The van der Waals surface area contributed by atoms with Crippen LogP contribution < -0.4 is 4.90 Å². The molecular weight excluding hydrogens is 605 g/mol. The molecule has 0 spiro atoms. The van der Waals surface area contributed by atoms with Gasteiger partial charge in [-0.3, -0.25) is 0 Å². The fourth-order valence-corrected chi connectivity index (χ4v) is 8.83. The van der Waals surface area contributed by atoms with Crippen LogP contribution in [-0.4, -0.2) is 10.6 Å². The zero-order valence-electron chi connectivity index (χ0n) is 29.8. The van der Waals surface area contributed by atoms with Gasteiger partial charge in [0.25, 0.3) is 0 Å². The number of nitrogens with zero attached hydrogens (tertiary/aromatic N) is 2. The van der Waals surface area contributed by atoms with E-state index in [9.17, 15) is 0 Å². The molecule has 0 radical (unpaired) electrons. The van der Waals surface area contributed by atoms with Crippen molar-refractivity contribution in [1.82, 2.24) is 4.57 Å². The van der Waals surface area contributed by atoms with Crippen LogP contribution in [0.3, 0.4) is 0 Å². The van der Waals surface area contributed by atoms with E-state index >= 15 is 0 Å². The summed E-state index contributed by atoms with van der Waals surface area (Å²) in [6.07, 6.45) is 9.11. The molecular formula is C48H42N2. The van der Waals surface area contributed by atoms with Gasteiger partial charge in [-0.05, 0) is 145 Å². The van der Waals surface area contributed by atoms with Crippen molar-refractivity contribution in [3.05, 3.63) is 172 Å². The number of fused-ring (bicyclic) bond motifs is 6. The first-order chi connectivity index (χ1) is 24.3. The molecule has 1 aliphatic heterocycles. The fraction of sp³-hybridized carbons (Fsp3) is 0.167. The van der Waals surface area contributed by atoms with Crippen LogP contribution >= 0.6 is 0 Å². The second kappa shape index (κ2) is 11.5. The summed E-state index contributed by atoms with van der Waals surface area (Å²) < 4.78 is 2.44. The molecule has 7 aromatic rings. The largest absolute Gasteiger partial charge is 0.333 e. The number of hydrogen-bond donors (Lipinski definition) is 0. The van der Waals surface area contributed by atoms with Gasteiger partial charge in [-0.15, -0.1) is 0 Å². The van der Waals surface area contributed by atoms with Gasteiger partial charge in [0.15, 0.2) is 0 Å². The van der Waals surface area contributed by atoms with E-state index in [0.29, 0.717) is 12.0 Å². The molecule has 2 atom stereocenters. The maximum Gasteiger partial charge on any atom is 0.0629 e. The Morgan fingerprint density at radius 1 is 0.420 bits per heavy atom. The Bertz CT molecular complexity index is 2520. The van der Waals surface area contributed by atoms with E-state index in [2.05, 4.69) is 185 Å². The highest BCUT2D eigenvalue weighted by molar-refractivity contribution is 6.09. The van der Waals surface area contributed by atoms with Gasteiger partial charge in [0.1, 0.15) is 0 Å². The van der Waals surface area contributed by atoms with Crippen LogP contribution in [0.15, 0.2) is 133 Å². The first-order valence-corrected chi connectivity index (χ1v) is 17.9. The number of aryl methyl sites for hydroxylation is 6. The van der Waals surface area contributed by atoms with Crippen LogP contribution in [0.1, 0.15) is 44.9 Å². The lowest BCUT2D eigenvalue weighted by molar-refractivity contribution is 0.743. The van der Waals surface area contributed by atoms with Crippen molar-refractivity contribution in [3.8, 4) is 27.9 Å². The van der Waals surface area contributed by atoms with Crippen LogP contribution in [0, 0.1) is 41.5 Å². The summed E-state index contributed by atoms with van der Waals surface area (Å²) in [6, 6.07) is 41.2. The fourth-order valence-electron chi connectivity index (χ4n) is 8.83. The number of allylic oxidation sites excluding steroid dienone is 2. The summed E-state index contributed by atoms with van der Waals surface area (Å²) in [5, 5.41) is 2.59. The quantitative estimate of drug-likeness (QED) is 0.185. The molecule has 1 aliphatic carbocycles. The van der Waals surface area contributed by atoms with Gasteiger partial charge in [0.05, 0.1) is 17.1 Å². The Hall–Kier alpha value is -5.60. The van der Waals surface area contributed by atoms with E-state index < -0.39 is 0 Å². The maximum atomic E-state index is 2.56. The number of hydrogen-bond acceptors (Lipinski definition) is 1. The molecule has 0 saturated carbocycles. The van der Waals surface area contributed by atoms with Gasteiger partial charge in [0.2, 0.25) is 0 Å². The van der Waals surface area contributed by atoms with Gasteiger partial charge >= 0.3 is 0 Å². The van der Waals surface area contributed by atoms with E-state index in [0.717, 1.165) is 0 Å². The van der Waals surface area contributed by atoms with E-state index in [-0.39, 0.29) is 0 Å². The lowest BCUT2D eigenvalue weighted by atomic mass is 9.87. The summed E-state index contributed by atoms with van der Waals surface area (Å²) in [7, 11) is 0. The standard InChI is InChI=1S/C48H42N2/c1-29-23-40(42-26-34(6)48(28-32(42)4)50-45-21-13-9-17-37(45)38-18-10-14-22-46(38)50)30(2)24-39(29)41-25-33(5)47(27-31(41)3)49-43-19-11-7-15-35(43)36-16-8-12-20-44(36)49/h7-28,35,43H,1-6H3. The maximum absolute atomic E-state index is 2.56. The van der Waals surface area contributed by atoms with E-state index in [1.54, 1.807) is 0 Å². The Balaban J connectivity index is 1.11. The molecule has 0 saturated heterocycles. The molecule has 0 fully saturated rings. The molecule has 2 heteroatoms. The van der Waals surface area contributed by atoms with Crippen molar-refractivity contribution < 1.29 is 0 Å². The minimum atomic E-state index is 0.303. The second-order valence-electron chi connectivity index (χ2n) is 14.5. The monoisotopic (exact) mass is 646 g/mol. The Morgan fingerprint density at radius 2 is 0.880 bits per heavy atom. The number of anilines is 2. The summed E-state index contributed by atoms with van der Waals surface area (Å²) >= 11 is 0. The third-order valence-corrected chi connectivity index (χ3v) is 11.3. The van der Waals surface area contributed by atoms with E-state index in [4.69, 9.17) is 0 Å². The van der Waals surface area contributed by atoms with Crippen molar-refractivity contribution in [2.45, 2.75) is 53.5 Å². The highest BCUT2D eigenvalue weighted by atomic mass is 15.2. The van der Waals surface area contributed by atoms with Crippen molar-refractivity contribution >= 4 is 33.2 Å². The van der Waals surface area contributed by atoms with Crippen molar-refractivity contribution in [2.24, 2.45) is 0 Å². The van der Waals surface area contributed by atoms with Crippen LogP contribution in [0.2, 0.25) is 0 Å². The zero-order chi connectivity index (χ0) is 34.3. The molecule has 9 rings (SSSR count). The Kier molecular flexibility index (Phi) is 7.00. The summed E-state index contributed by atoms with van der Waals surface area (Å²) in [5.41, 5.74) is 20.8. The first-order valence-electron chi connectivity index (χ1n) is 17.9. The molecule has 0 bridgehead atoms. The Labute approximate surface area is 295 Å². The van der Waals surface area contributed by atoms with E-state index in [1.165, 1.54) is 100 Å². The average molecular weight is 647 g/mol. The molecule has 2 nitrogen and oxygen atoms in total. The molecule has 6 aromatic carbocycles. The van der Waals surface area contributed by atoms with Gasteiger partial charge in [-0.1, -0.05) is 91.0 Å². The predicted octanol–water partition coefficient (Wildman–Crippen LogP) is 12.7. The van der Waals surface area contributed by atoms with Gasteiger partial charge in [0, 0.05) is 33.8 Å². The van der Waals surface area contributed by atoms with Crippen LogP contribution in [0.25, 0.3) is 49.7 Å². The van der Waals surface area contributed by atoms with Crippen LogP contribution in [-0.2, 0) is 0 Å². The van der Waals surface area contributed by atoms with Crippen LogP contribution in [0.4, 0.5) is 11.4 Å². The van der Waals surface area contributed by atoms with Crippen molar-refractivity contribution in [2.75, 3.05) is 4.90 Å². The minimum absolute atomic E-state index is 0.303. The molecule has 0 amide bonds. The summed E-state index contributed by atoms with van der Waals surface area (Å²) in [6.45, 7) is 13.6. The minimum Gasteiger partial charge on any atom is -0.333 e. The normalized spacial score (nSPS) is 16.4. The molecule has 0 N–H and O–H groups in total. The van der Waals surface area contributed by atoms with Gasteiger partial charge in [-0.25, -0.2) is 0 Å². The second-order valence-corrected chi connectivity index (χ2v) is 14.5. The Morgan fingerprint density at radius 3 is 1.50 bits per heavy atom. The smallest absolute Gasteiger partial charge is 0.0629 e. The topological polar surface area (TPSA) is 8.17 Å². The van der Waals surface area contributed by atoms with Gasteiger partial charge < -0.3 is 9.47 Å². The number of benzene rings is 6. The third-order valence-electron chi connectivity index (χ3n) is 11.3. The van der Waals surface area contributed by atoms with Crippen molar-refractivity contribution in [1.29, 1.82) is 0 Å². The highest BCUT2D eigenvalue weighted by Crippen LogP contribution is 2.49. The predicted molar refractivity (Wildman–Crippen MR) is 213 cm³/mol. The first kappa shape index (κ1) is 30.5. The third kappa shape index (κ3) is 4.55. The average Bonchev–Trinajstić information content (AvgIpc) is 3.64. The molecule has 2 heterocycles. The number of aromatic nitrogens is 1. The highest BCUT2D eigenvalue weighted by Gasteiger charge is 2.37. The SMILES string of the molecule is Cc1cc(-c2cc(C)c(-n3c4ccccc4c4ccccc43)cc2C)c(C)cc1-c1cc(C)c(N2c3ccccc3C3C=CC=CC32)cc1C. The lowest BCUT2D eigenvalue weighted by Gasteiger charge is -2.31. The summed E-state index contributed by atoms with van der Waals surface area (Å²) in [4.78, 5) is 2.56. The zero-order valence-corrected chi connectivity index (χ0v) is 29.8. The van der Waals surface area contributed by atoms with Crippen molar-refractivity contribution in [3.63, 3.8) is 0 Å². The lowest BCUT2D eigenvalue weighted by Crippen LogP contribution is -2.29. The van der Waals surface area contributed by atoms with Gasteiger partial charge in [-0.2, -0.15) is 0 Å².